The molecule has 0 radical (unpaired) electrons. The maximum Gasteiger partial charge on any atom is 0.251 e. The number of ether oxygens (including phenoxy) is 1. The molecule has 0 saturated heterocycles. The first-order chi connectivity index (χ1) is 12.9. The first-order valence-corrected chi connectivity index (χ1v) is 8.86. The van der Waals surface area contributed by atoms with Crippen LogP contribution in [0.4, 0.5) is 0 Å². The summed E-state index contributed by atoms with van der Waals surface area (Å²) < 4.78 is 5.14. The molecule has 0 fully saturated rings. The van der Waals surface area contributed by atoms with E-state index in [-0.39, 0.29) is 24.8 Å². The molecule has 0 bridgehead atoms. The van der Waals surface area contributed by atoms with Gasteiger partial charge in [-0.2, -0.15) is 5.10 Å². The van der Waals surface area contributed by atoms with E-state index in [0.717, 1.165) is 16.9 Å². The number of carbonyl (C=O) groups is 2. The Morgan fingerprint density at radius 2 is 1.93 bits per heavy atom. The monoisotopic (exact) mass is 407 g/mol. The SMILES string of the molecule is COc1ccc(C=NNC(=O)CCNC(=O)c2ccc(Cl)c(Cl)c2)c(C)c1. The molecule has 2 rings (SSSR count). The van der Waals surface area contributed by atoms with Crippen molar-refractivity contribution in [2.45, 2.75) is 13.3 Å². The fourth-order valence-electron chi connectivity index (χ4n) is 2.18. The molecule has 0 aromatic heterocycles. The van der Waals surface area contributed by atoms with Crippen molar-refractivity contribution in [3.05, 3.63) is 63.1 Å². The van der Waals surface area contributed by atoms with Gasteiger partial charge >= 0.3 is 0 Å². The largest absolute Gasteiger partial charge is 0.497 e. The molecule has 0 aliphatic rings. The predicted molar refractivity (Wildman–Crippen MR) is 107 cm³/mol. The molecule has 27 heavy (non-hydrogen) atoms. The van der Waals surface area contributed by atoms with Gasteiger partial charge in [0.25, 0.3) is 5.91 Å². The predicted octanol–water partition coefficient (Wildman–Crippen LogP) is 3.58. The van der Waals surface area contributed by atoms with E-state index >= 15 is 0 Å². The first kappa shape index (κ1) is 20.7. The van der Waals surface area contributed by atoms with E-state index in [9.17, 15) is 9.59 Å². The minimum Gasteiger partial charge on any atom is -0.497 e. The number of methoxy groups -OCH3 is 1. The van der Waals surface area contributed by atoms with E-state index in [4.69, 9.17) is 27.9 Å². The Kier molecular flexibility index (Phi) is 7.64. The summed E-state index contributed by atoms with van der Waals surface area (Å²) in [5.74, 6) is 0.108. The Bertz CT molecular complexity index is 869. The van der Waals surface area contributed by atoms with Gasteiger partial charge in [-0.15, -0.1) is 0 Å². The summed E-state index contributed by atoms with van der Waals surface area (Å²) in [7, 11) is 1.60. The third kappa shape index (κ3) is 6.27. The molecule has 0 aliphatic carbocycles. The summed E-state index contributed by atoms with van der Waals surface area (Å²) in [6.45, 7) is 2.09. The quantitative estimate of drug-likeness (QED) is 0.543. The number of benzene rings is 2. The van der Waals surface area contributed by atoms with E-state index in [1.54, 1.807) is 25.5 Å². The summed E-state index contributed by atoms with van der Waals surface area (Å²) in [4.78, 5) is 23.8. The van der Waals surface area contributed by atoms with Crippen LogP contribution in [0.3, 0.4) is 0 Å². The van der Waals surface area contributed by atoms with Gasteiger partial charge in [-0.3, -0.25) is 9.59 Å². The third-order valence-electron chi connectivity index (χ3n) is 3.69. The summed E-state index contributed by atoms with van der Waals surface area (Å²) in [5.41, 5.74) is 4.64. The molecule has 0 heterocycles. The number of nitrogens with one attached hydrogen (secondary N) is 2. The molecule has 6 nitrogen and oxygen atoms in total. The van der Waals surface area contributed by atoms with E-state index in [2.05, 4.69) is 15.8 Å². The Morgan fingerprint density at radius 1 is 1.15 bits per heavy atom. The highest BCUT2D eigenvalue weighted by Crippen LogP contribution is 2.22. The van der Waals surface area contributed by atoms with Crippen molar-refractivity contribution in [2.24, 2.45) is 5.10 Å². The number of carbonyl (C=O) groups excluding carboxylic acids is 2. The third-order valence-corrected chi connectivity index (χ3v) is 4.43. The Labute approximate surface area is 167 Å². The van der Waals surface area contributed by atoms with Crippen LogP contribution in [0.5, 0.6) is 5.75 Å². The molecule has 0 spiro atoms. The molecule has 8 heteroatoms. The Balaban J connectivity index is 1.77. The second-order valence-electron chi connectivity index (χ2n) is 5.65. The lowest BCUT2D eigenvalue weighted by Crippen LogP contribution is -2.29. The van der Waals surface area contributed by atoms with Crippen LogP contribution in [-0.4, -0.2) is 31.7 Å². The summed E-state index contributed by atoms with van der Waals surface area (Å²) in [6.07, 6.45) is 1.65. The molecular formula is C19H19Cl2N3O3. The summed E-state index contributed by atoms with van der Waals surface area (Å²) >= 11 is 11.7. The van der Waals surface area contributed by atoms with Gasteiger partial charge in [-0.05, 0) is 54.4 Å². The number of rotatable bonds is 7. The van der Waals surface area contributed by atoms with Crippen LogP contribution < -0.4 is 15.5 Å². The van der Waals surface area contributed by atoms with Gasteiger partial charge in [0.2, 0.25) is 5.91 Å². The molecule has 142 valence electrons. The zero-order chi connectivity index (χ0) is 19.8. The average Bonchev–Trinajstić information content (AvgIpc) is 2.65. The Hall–Kier alpha value is -2.57. The lowest BCUT2D eigenvalue weighted by atomic mass is 10.1. The zero-order valence-corrected chi connectivity index (χ0v) is 16.4. The van der Waals surface area contributed by atoms with E-state index in [1.807, 2.05) is 25.1 Å². The van der Waals surface area contributed by atoms with Gasteiger partial charge in [0.1, 0.15) is 5.75 Å². The van der Waals surface area contributed by atoms with Crippen molar-refractivity contribution < 1.29 is 14.3 Å². The van der Waals surface area contributed by atoms with Crippen LogP contribution in [0.25, 0.3) is 0 Å². The van der Waals surface area contributed by atoms with Gasteiger partial charge in [0.15, 0.2) is 0 Å². The summed E-state index contributed by atoms with van der Waals surface area (Å²) in [6, 6.07) is 10.1. The number of nitrogens with zero attached hydrogens (tertiary/aromatic N) is 1. The highest BCUT2D eigenvalue weighted by atomic mass is 35.5. The second-order valence-corrected chi connectivity index (χ2v) is 6.46. The number of amides is 2. The number of hydrogen-bond acceptors (Lipinski definition) is 4. The van der Waals surface area contributed by atoms with Crippen LogP contribution in [0, 0.1) is 6.92 Å². The van der Waals surface area contributed by atoms with Crippen molar-refractivity contribution in [2.75, 3.05) is 13.7 Å². The van der Waals surface area contributed by atoms with Crippen molar-refractivity contribution >= 4 is 41.2 Å². The first-order valence-electron chi connectivity index (χ1n) is 8.10. The molecule has 0 saturated carbocycles. The average molecular weight is 408 g/mol. The van der Waals surface area contributed by atoms with Crippen LogP contribution in [0.15, 0.2) is 41.5 Å². The van der Waals surface area contributed by atoms with Gasteiger partial charge in [0, 0.05) is 18.5 Å². The normalized spacial score (nSPS) is 10.7. The minimum absolute atomic E-state index is 0.0893. The van der Waals surface area contributed by atoms with Gasteiger partial charge in [0.05, 0.1) is 23.4 Å². The van der Waals surface area contributed by atoms with E-state index < -0.39 is 0 Å². The van der Waals surface area contributed by atoms with Crippen LogP contribution in [-0.2, 0) is 4.79 Å². The number of hydrogen-bond donors (Lipinski definition) is 2. The number of hydrazone groups is 1. The highest BCUT2D eigenvalue weighted by Gasteiger charge is 2.08. The van der Waals surface area contributed by atoms with E-state index in [1.165, 1.54) is 6.07 Å². The topological polar surface area (TPSA) is 79.8 Å². The van der Waals surface area contributed by atoms with Crippen molar-refractivity contribution in [3.8, 4) is 5.75 Å². The Morgan fingerprint density at radius 3 is 2.59 bits per heavy atom. The lowest BCUT2D eigenvalue weighted by Gasteiger charge is -2.06. The molecule has 0 atom stereocenters. The smallest absolute Gasteiger partial charge is 0.251 e. The van der Waals surface area contributed by atoms with Gasteiger partial charge < -0.3 is 10.1 Å². The molecule has 0 aliphatic heterocycles. The van der Waals surface area contributed by atoms with Crippen LogP contribution in [0.1, 0.15) is 27.9 Å². The highest BCUT2D eigenvalue weighted by molar-refractivity contribution is 6.42. The minimum atomic E-state index is -0.335. The van der Waals surface area contributed by atoms with Gasteiger partial charge in [-0.1, -0.05) is 23.2 Å². The molecule has 2 amide bonds. The molecule has 2 N–H and O–H groups in total. The van der Waals surface area contributed by atoms with Crippen LogP contribution >= 0.6 is 23.2 Å². The van der Waals surface area contributed by atoms with E-state index in [0.29, 0.717) is 15.6 Å². The molecule has 2 aromatic carbocycles. The number of halogens is 2. The van der Waals surface area contributed by atoms with Crippen molar-refractivity contribution in [1.82, 2.24) is 10.7 Å². The fraction of sp³-hybridized carbons (Fsp3) is 0.211. The van der Waals surface area contributed by atoms with Gasteiger partial charge in [-0.25, -0.2) is 5.43 Å². The number of aryl methyl sites for hydroxylation is 1. The standard InChI is InChI=1S/C19H19Cl2N3O3/c1-12-9-15(27-2)5-3-14(12)11-23-24-18(25)7-8-22-19(26)13-4-6-16(20)17(21)10-13/h3-6,9-11H,7-8H2,1-2H3,(H,22,26)(H,24,25). The molecule has 0 unspecified atom stereocenters. The van der Waals surface area contributed by atoms with Crippen molar-refractivity contribution in [1.29, 1.82) is 0 Å². The summed E-state index contributed by atoms with van der Waals surface area (Å²) in [5, 5.41) is 7.23. The lowest BCUT2D eigenvalue weighted by molar-refractivity contribution is -0.120. The maximum absolute atomic E-state index is 12.0. The molecular weight excluding hydrogens is 389 g/mol. The van der Waals surface area contributed by atoms with Crippen LogP contribution in [0.2, 0.25) is 10.0 Å². The van der Waals surface area contributed by atoms with Crippen molar-refractivity contribution in [3.63, 3.8) is 0 Å². The second kappa shape index (κ2) is 9.94. The fourth-order valence-corrected chi connectivity index (χ4v) is 2.48. The maximum atomic E-state index is 12.0. The zero-order valence-electron chi connectivity index (χ0n) is 14.9. The molecule has 2 aromatic rings.